The van der Waals surface area contributed by atoms with Crippen molar-refractivity contribution in [3.63, 3.8) is 0 Å². The van der Waals surface area contributed by atoms with Crippen molar-refractivity contribution >= 4 is 23.3 Å². The van der Waals surface area contributed by atoms with E-state index in [1.807, 2.05) is 0 Å². The lowest BCUT2D eigenvalue weighted by Gasteiger charge is -2.15. The van der Waals surface area contributed by atoms with Gasteiger partial charge in [0, 0.05) is 11.3 Å². The van der Waals surface area contributed by atoms with Crippen molar-refractivity contribution in [2.24, 2.45) is 0 Å². The van der Waals surface area contributed by atoms with Crippen LogP contribution in [-0.2, 0) is 14.3 Å². The number of nitrogens with zero attached hydrogens (tertiary/aromatic N) is 1. The van der Waals surface area contributed by atoms with Crippen LogP contribution in [0.1, 0.15) is 24.2 Å². The molecule has 6 heteroatoms. The van der Waals surface area contributed by atoms with Crippen LogP contribution in [0, 0.1) is 0 Å². The maximum Gasteiger partial charge on any atom is 0.320 e. The summed E-state index contributed by atoms with van der Waals surface area (Å²) in [5, 5.41) is 2.70. The van der Waals surface area contributed by atoms with E-state index in [0.29, 0.717) is 17.9 Å². The first kappa shape index (κ1) is 16.8. The van der Waals surface area contributed by atoms with Gasteiger partial charge in [-0.3, -0.25) is 19.3 Å². The summed E-state index contributed by atoms with van der Waals surface area (Å²) in [7, 11) is 1.66. The molecule has 114 valence electrons. The Morgan fingerprint density at radius 1 is 1.14 bits per heavy atom. The second-order valence-corrected chi connectivity index (χ2v) is 4.66. The van der Waals surface area contributed by atoms with Crippen molar-refractivity contribution in [1.82, 2.24) is 4.90 Å². The minimum Gasteiger partial charge on any atom is -0.465 e. The van der Waals surface area contributed by atoms with Crippen LogP contribution in [0.15, 0.2) is 24.3 Å². The standard InChI is InChI=1S/C15H20N2O4/c1-4-21-15(20)10-17(3)9-14(19)16-13-7-5-12(6-8-13)11(2)18/h5-8H,4,9-10H2,1-3H3,(H,16,19). The molecule has 0 atom stereocenters. The van der Waals surface area contributed by atoms with Crippen LogP contribution in [0.4, 0.5) is 5.69 Å². The number of ether oxygens (including phenoxy) is 1. The Morgan fingerprint density at radius 3 is 2.29 bits per heavy atom. The van der Waals surface area contributed by atoms with Crippen LogP contribution < -0.4 is 5.32 Å². The van der Waals surface area contributed by atoms with Gasteiger partial charge in [-0.25, -0.2) is 0 Å². The average Bonchev–Trinajstić information content (AvgIpc) is 2.38. The van der Waals surface area contributed by atoms with E-state index in [0.717, 1.165) is 0 Å². The fourth-order valence-corrected chi connectivity index (χ4v) is 1.72. The summed E-state index contributed by atoms with van der Waals surface area (Å²) in [6.07, 6.45) is 0. The molecule has 0 radical (unpaired) electrons. The molecule has 0 aliphatic carbocycles. The first-order valence-electron chi connectivity index (χ1n) is 6.67. The van der Waals surface area contributed by atoms with E-state index in [-0.39, 0.29) is 30.7 Å². The number of nitrogens with one attached hydrogen (secondary N) is 1. The molecule has 1 aromatic carbocycles. The fraction of sp³-hybridized carbons (Fsp3) is 0.400. The highest BCUT2D eigenvalue weighted by atomic mass is 16.5. The molecule has 0 saturated carbocycles. The lowest BCUT2D eigenvalue weighted by molar-refractivity contribution is -0.144. The maximum atomic E-state index is 11.8. The van der Waals surface area contributed by atoms with Crippen molar-refractivity contribution < 1.29 is 19.1 Å². The summed E-state index contributed by atoms with van der Waals surface area (Å²) < 4.78 is 4.80. The number of amides is 1. The summed E-state index contributed by atoms with van der Waals surface area (Å²) in [4.78, 5) is 35.8. The molecule has 0 aromatic heterocycles. The zero-order chi connectivity index (χ0) is 15.8. The SMILES string of the molecule is CCOC(=O)CN(C)CC(=O)Nc1ccc(C(C)=O)cc1. The molecule has 1 N–H and O–H groups in total. The third-order valence-corrected chi connectivity index (χ3v) is 2.69. The monoisotopic (exact) mass is 292 g/mol. The first-order valence-corrected chi connectivity index (χ1v) is 6.67. The van der Waals surface area contributed by atoms with Crippen LogP contribution in [0.2, 0.25) is 0 Å². The van der Waals surface area contributed by atoms with Gasteiger partial charge in [0.25, 0.3) is 0 Å². The van der Waals surface area contributed by atoms with Crippen LogP contribution in [0.5, 0.6) is 0 Å². The van der Waals surface area contributed by atoms with Gasteiger partial charge in [-0.15, -0.1) is 0 Å². The molecule has 1 amide bonds. The molecule has 0 saturated heterocycles. The molecule has 0 bridgehead atoms. The number of ketones is 1. The van der Waals surface area contributed by atoms with Gasteiger partial charge in [0.1, 0.15) is 0 Å². The normalized spacial score (nSPS) is 10.3. The number of Topliss-reactive ketones (excluding diaryl/α,β-unsaturated/α-hetero) is 1. The van der Waals surface area contributed by atoms with Crippen molar-refractivity contribution in [2.75, 3.05) is 32.1 Å². The van der Waals surface area contributed by atoms with Gasteiger partial charge in [0.2, 0.25) is 5.91 Å². The highest BCUT2D eigenvalue weighted by Crippen LogP contribution is 2.09. The minimum absolute atomic E-state index is 0.0259. The molecule has 0 heterocycles. The fourth-order valence-electron chi connectivity index (χ4n) is 1.72. The molecule has 0 aliphatic heterocycles. The third-order valence-electron chi connectivity index (χ3n) is 2.69. The molecule has 0 spiro atoms. The number of rotatable bonds is 7. The summed E-state index contributed by atoms with van der Waals surface area (Å²) in [6.45, 7) is 3.67. The van der Waals surface area contributed by atoms with E-state index < -0.39 is 0 Å². The predicted molar refractivity (Wildman–Crippen MR) is 79.2 cm³/mol. The summed E-state index contributed by atoms with van der Waals surface area (Å²) >= 11 is 0. The predicted octanol–water partition coefficient (Wildman–Crippen LogP) is 1.32. The van der Waals surface area contributed by atoms with Gasteiger partial charge >= 0.3 is 5.97 Å². The Kier molecular flexibility index (Phi) is 6.55. The van der Waals surface area contributed by atoms with E-state index >= 15 is 0 Å². The zero-order valence-electron chi connectivity index (χ0n) is 12.5. The Hall–Kier alpha value is -2.21. The average molecular weight is 292 g/mol. The number of esters is 1. The lowest BCUT2D eigenvalue weighted by Crippen LogP contribution is -2.34. The van der Waals surface area contributed by atoms with E-state index in [4.69, 9.17) is 4.74 Å². The molecule has 1 aromatic rings. The highest BCUT2D eigenvalue weighted by Gasteiger charge is 2.11. The van der Waals surface area contributed by atoms with Gasteiger partial charge in [-0.1, -0.05) is 0 Å². The number of anilines is 1. The number of hydrogen-bond donors (Lipinski definition) is 1. The third kappa shape index (κ3) is 6.18. The van der Waals surface area contributed by atoms with E-state index in [1.54, 1.807) is 43.1 Å². The molecule has 21 heavy (non-hydrogen) atoms. The first-order chi connectivity index (χ1) is 9.92. The lowest BCUT2D eigenvalue weighted by atomic mass is 10.1. The topological polar surface area (TPSA) is 75.7 Å². The molecule has 0 unspecified atom stereocenters. The smallest absolute Gasteiger partial charge is 0.320 e. The van der Waals surface area contributed by atoms with Crippen LogP contribution in [0.3, 0.4) is 0 Å². The van der Waals surface area contributed by atoms with Gasteiger partial charge in [0.05, 0.1) is 19.7 Å². The quantitative estimate of drug-likeness (QED) is 0.606. The Labute approximate surface area is 124 Å². The number of hydrogen-bond acceptors (Lipinski definition) is 5. The minimum atomic E-state index is -0.362. The zero-order valence-corrected chi connectivity index (χ0v) is 12.5. The summed E-state index contributed by atoms with van der Waals surface area (Å²) in [5.74, 6) is -0.627. The van der Waals surface area contributed by atoms with E-state index in [9.17, 15) is 14.4 Å². The number of carbonyl (C=O) groups excluding carboxylic acids is 3. The van der Waals surface area contributed by atoms with Gasteiger partial charge < -0.3 is 10.1 Å². The van der Waals surface area contributed by atoms with Crippen LogP contribution in [-0.4, -0.2) is 49.3 Å². The molecular formula is C15H20N2O4. The Bertz CT molecular complexity index is 511. The van der Waals surface area contributed by atoms with Gasteiger partial charge in [-0.2, -0.15) is 0 Å². The number of benzene rings is 1. The second kappa shape index (κ2) is 8.16. The van der Waals surface area contributed by atoms with Crippen molar-refractivity contribution in [3.05, 3.63) is 29.8 Å². The van der Waals surface area contributed by atoms with Crippen molar-refractivity contribution in [2.45, 2.75) is 13.8 Å². The van der Waals surface area contributed by atoms with Crippen LogP contribution in [0.25, 0.3) is 0 Å². The van der Waals surface area contributed by atoms with E-state index in [2.05, 4.69) is 5.32 Å². The second-order valence-electron chi connectivity index (χ2n) is 4.66. The van der Waals surface area contributed by atoms with Crippen LogP contribution >= 0.6 is 0 Å². The Balaban J connectivity index is 2.46. The van der Waals surface area contributed by atoms with Crippen molar-refractivity contribution in [3.8, 4) is 0 Å². The maximum absolute atomic E-state index is 11.8. The highest BCUT2D eigenvalue weighted by molar-refractivity contribution is 5.96. The van der Waals surface area contributed by atoms with E-state index in [1.165, 1.54) is 6.92 Å². The molecular weight excluding hydrogens is 272 g/mol. The number of likely N-dealkylation sites (N-methyl/N-ethyl adjacent to an activating group) is 1. The molecule has 1 rings (SSSR count). The molecule has 0 aliphatic rings. The summed E-state index contributed by atoms with van der Waals surface area (Å²) in [5.41, 5.74) is 1.20. The molecule has 6 nitrogen and oxygen atoms in total. The molecule has 0 fully saturated rings. The van der Waals surface area contributed by atoms with Gasteiger partial charge in [-0.05, 0) is 45.2 Å². The Morgan fingerprint density at radius 2 is 1.76 bits per heavy atom. The number of carbonyl (C=O) groups is 3. The van der Waals surface area contributed by atoms with Gasteiger partial charge in [0.15, 0.2) is 5.78 Å². The largest absolute Gasteiger partial charge is 0.465 e. The van der Waals surface area contributed by atoms with Crippen molar-refractivity contribution in [1.29, 1.82) is 0 Å². The summed E-state index contributed by atoms with van der Waals surface area (Å²) in [6, 6.07) is 6.64.